The van der Waals surface area contributed by atoms with E-state index in [1.165, 1.54) is 0 Å². The molecule has 0 aromatic heterocycles. The van der Waals surface area contributed by atoms with Gasteiger partial charge < -0.3 is 4.90 Å². The molecule has 0 spiro atoms. The molecule has 5 heteroatoms. The minimum Gasteiger partial charge on any atom is -0.313 e. The van der Waals surface area contributed by atoms with Gasteiger partial charge in [0.05, 0.1) is 11.4 Å². The van der Waals surface area contributed by atoms with Crippen LogP contribution >= 0.6 is 23.2 Å². The second-order valence-corrected chi connectivity index (χ2v) is 5.60. The quantitative estimate of drug-likeness (QED) is 0.787. The second-order valence-electron chi connectivity index (χ2n) is 4.76. The Hall–Kier alpha value is -1.84. The molecule has 0 radical (unpaired) electrons. The number of hydrogen-bond donors (Lipinski definition) is 0. The number of halogens is 2. The van der Waals surface area contributed by atoms with E-state index >= 15 is 0 Å². The SMILES string of the molecule is CN1C(=O)CN=C(c2ccccc2Cl)c2cc(Cl)ccc21. The average Bonchev–Trinajstić information content (AvgIpc) is 2.59. The first kappa shape index (κ1) is 14.1. The minimum absolute atomic E-state index is 0.0689. The number of fused-ring (bicyclic) bond motifs is 1. The van der Waals surface area contributed by atoms with Crippen molar-refractivity contribution in [2.45, 2.75) is 0 Å². The summed E-state index contributed by atoms with van der Waals surface area (Å²) in [7, 11) is 1.74. The third kappa shape index (κ3) is 2.55. The highest BCUT2D eigenvalue weighted by Crippen LogP contribution is 2.30. The lowest BCUT2D eigenvalue weighted by Gasteiger charge is -2.18. The van der Waals surface area contributed by atoms with Crippen molar-refractivity contribution < 1.29 is 4.79 Å². The van der Waals surface area contributed by atoms with Crippen LogP contribution in [0.15, 0.2) is 47.5 Å². The van der Waals surface area contributed by atoms with E-state index in [-0.39, 0.29) is 12.5 Å². The maximum Gasteiger partial charge on any atom is 0.248 e. The van der Waals surface area contributed by atoms with Gasteiger partial charge in [0.1, 0.15) is 6.54 Å². The highest BCUT2D eigenvalue weighted by Gasteiger charge is 2.23. The zero-order valence-corrected chi connectivity index (χ0v) is 12.8. The molecule has 0 saturated heterocycles. The van der Waals surface area contributed by atoms with Gasteiger partial charge in [-0.1, -0.05) is 41.4 Å². The topological polar surface area (TPSA) is 32.7 Å². The number of rotatable bonds is 1. The van der Waals surface area contributed by atoms with Crippen molar-refractivity contribution in [1.82, 2.24) is 0 Å². The van der Waals surface area contributed by atoms with Crippen molar-refractivity contribution in [3.63, 3.8) is 0 Å². The van der Waals surface area contributed by atoms with Crippen LogP contribution in [0, 0.1) is 0 Å². The Bertz CT molecular complexity index is 756. The number of nitrogens with zero attached hydrogens (tertiary/aromatic N) is 2. The van der Waals surface area contributed by atoms with Crippen molar-refractivity contribution in [2.75, 3.05) is 18.5 Å². The van der Waals surface area contributed by atoms with Gasteiger partial charge in [0.25, 0.3) is 0 Å². The molecule has 2 aromatic rings. The van der Waals surface area contributed by atoms with Gasteiger partial charge in [0.15, 0.2) is 0 Å². The molecule has 106 valence electrons. The normalized spacial score (nSPS) is 14.5. The van der Waals surface area contributed by atoms with Gasteiger partial charge >= 0.3 is 0 Å². The summed E-state index contributed by atoms with van der Waals surface area (Å²) in [6, 6.07) is 12.9. The predicted octanol–water partition coefficient (Wildman–Crippen LogP) is 3.81. The Labute approximate surface area is 132 Å². The number of aliphatic imine (C=N–C) groups is 1. The molecule has 0 fully saturated rings. The van der Waals surface area contributed by atoms with Crippen LogP contribution in [0.5, 0.6) is 0 Å². The van der Waals surface area contributed by atoms with E-state index in [0.717, 1.165) is 16.8 Å². The van der Waals surface area contributed by atoms with Gasteiger partial charge in [-0.25, -0.2) is 0 Å². The first-order valence-corrected chi connectivity index (χ1v) is 7.19. The van der Waals surface area contributed by atoms with Crippen LogP contribution in [0.3, 0.4) is 0 Å². The van der Waals surface area contributed by atoms with Crippen LogP contribution in [0.2, 0.25) is 10.0 Å². The van der Waals surface area contributed by atoms with Gasteiger partial charge in [0, 0.05) is 28.2 Å². The van der Waals surface area contributed by atoms with E-state index in [1.54, 1.807) is 24.1 Å². The lowest BCUT2D eigenvalue weighted by Crippen LogP contribution is -2.27. The fraction of sp³-hybridized carbons (Fsp3) is 0.125. The average molecular weight is 319 g/mol. The number of benzodiazepines with no additional fused rings is 1. The zero-order chi connectivity index (χ0) is 15.0. The summed E-state index contributed by atoms with van der Waals surface area (Å²) in [6.45, 7) is 0.0867. The maximum absolute atomic E-state index is 12.1. The molecule has 0 bridgehead atoms. The standard InChI is InChI=1S/C16H12Cl2N2O/c1-20-14-7-6-10(17)8-12(14)16(19-9-15(20)21)11-4-2-3-5-13(11)18/h2-8H,9H2,1H3. The molecule has 2 aromatic carbocycles. The van der Waals surface area contributed by atoms with Gasteiger partial charge in [-0.05, 0) is 24.3 Å². The summed E-state index contributed by atoms with van der Waals surface area (Å²) in [5, 5.41) is 1.19. The van der Waals surface area contributed by atoms with Crippen LogP contribution in [-0.4, -0.2) is 25.2 Å². The fourth-order valence-electron chi connectivity index (χ4n) is 2.35. The van der Waals surface area contributed by atoms with E-state index in [1.807, 2.05) is 30.3 Å². The summed E-state index contributed by atoms with van der Waals surface area (Å²) in [4.78, 5) is 18.1. The molecule has 0 N–H and O–H groups in total. The molecular formula is C16H12Cl2N2O. The van der Waals surface area contributed by atoms with Crippen LogP contribution in [0.25, 0.3) is 0 Å². The number of anilines is 1. The Kier molecular flexibility index (Phi) is 3.70. The molecule has 1 heterocycles. The first-order valence-electron chi connectivity index (χ1n) is 6.44. The van der Waals surface area contributed by atoms with Gasteiger partial charge in [-0.2, -0.15) is 0 Å². The van der Waals surface area contributed by atoms with Crippen LogP contribution in [0.1, 0.15) is 11.1 Å². The second kappa shape index (κ2) is 5.51. The van der Waals surface area contributed by atoms with E-state index in [0.29, 0.717) is 15.8 Å². The number of amides is 1. The Morgan fingerprint density at radius 2 is 1.86 bits per heavy atom. The third-order valence-corrected chi connectivity index (χ3v) is 4.02. The number of benzene rings is 2. The Morgan fingerprint density at radius 3 is 2.62 bits per heavy atom. The molecule has 3 nitrogen and oxygen atoms in total. The van der Waals surface area contributed by atoms with Gasteiger partial charge in [0.2, 0.25) is 5.91 Å². The van der Waals surface area contributed by atoms with Gasteiger partial charge in [-0.15, -0.1) is 0 Å². The number of hydrogen-bond acceptors (Lipinski definition) is 2. The summed E-state index contributed by atoms with van der Waals surface area (Å²) in [5.74, 6) is -0.0689. The van der Waals surface area contributed by atoms with Crippen molar-refractivity contribution in [2.24, 2.45) is 4.99 Å². The summed E-state index contributed by atoms with van der Waals surface area (Å²) < 4.78 is 0. The first-order chi connectivity index (χ1) is 10.1. The Morgan fingerprint density at radius 1 is 1.10 bits per heavy atom. The molecule has 3 rings (SSSR count). The monoisotopic (exact) mass is 318 g/mol. The summed E-state index contributed by atoms with van der Waals surface area (Å²) >= 11 is 12.4. The molecule has 0 saturated carbocycles. The van der Waals surface area contributed by atoms with Crippen molar-refractivity contribution in [3.8, 4) is 0 Å². The van der Waals surface area contributed by atoms with E-state index in [2.05, 4.69) is 4.99 Å². The molecule has 1 aliphatic heterocycles. The zero-order valence-electron chi connectivity index (χ0n) is 11.3. The third-order valence-electron chi connectivity index (χ3n) is 3.45. The maximum atomic E-state index is 12.1. The van der Waals surface area contributed by atoms with E-state index in [4.69, 9.17) is 23.2 Å². The minimum atomic E-state index is -0.0689. The molecule has 0 unspecified atom stereocenters. The van der Waals surface area contributed by atoms with Crippen LogP contribution in [0.4, 0.5) is 5.69 Å². The number of likely N-dealkylation sites (N-methyl/N-ethyl adjacent to an activating group) is 1. The summed E-state index contributed by atoms with van der Waals surface area (Å²) in [5.41, 5.74) is 3.08. The van der Waals surface area contributed by atoms with Crippen LogP contribution in [-0.2, 0) is 4.79 Å². The smallest absolute Gasteiger partial charge is 0.248 e. The highest BCUT2D eigenvalue weighted by atomic mass is 35.5. The summed E-state index contributed by atoms with van der Waals surface area (Å²) in [6.07, 6.45) is 0. The lowest BCUT2D eigenvalue weighted by molar-refractivity contribution is -0.116. The van der Waals surface area contributed by atoms with Gasteiger partial charge in [-0.3, -0.25) is 9.79 Å². The highest BCUT2D eigenvalue weighted by molar-refractivity contribution is 6.36. The predicted molar refractivity (Wildman–Crippen MR) is 86.8 cm³/mol. The number of carbonyl (C=O) groups excluding carboxylic acids is 1. The van der Waals surface area contributed by atoms with E-state index in [9.17, 15) is 4.79 Å². The molecule has 1 aliphatic rings. The Balaban J connectivity index is 2.26. The van der Waals surface area contributed by atoms with Crippen molar-refractivity contribution >= 4 is 40.5 Å². The molecule has 21 heavy (non-hydrogen) atoms. The number of carbonyl (C=O) groups is 1. The molecule has 1 amide bonds. The van der Waals surface area contributed by atoms with Crippen molar-refractivity contribution in [3.05, 3.63) is 63.6 Å². The molecule has 0 aliphatic carbocycles. The van der Waals surface area contributed by atoms with Crippen molar-refractivity contribution in [1.29, 1.82) is 0 Å². The molecular weight excluding hydrogens is 307 g/mol. The molecule has 0 atom stereocenters. The van der Waals surface area contributed by atoms with Crippen LogP contribution < -0.4 is 4.90 Å². The lowest BCUT2D eigenvalue weighted by atomic mass is 10.0. The van der Waals surface area contributed by atoms with E-state index < -0.39 is 0 Å². The fourth-order valence-corrected chi connectivity index (χ4v) is 2.74. The largest absolute Gasteiger partial charge is 0.313 e.